The zero-order chi connectivity index (χ0) is 12.3. The highest BCUT2D eigenvalue weighted by Crippen LogP contribution is 2.25. The van der Waals surface area contributed by atoms with Crippen LogP contribution >= 0.6 is 0 Å². The Morgan fingerprint density at radius 2 is 1.06 bits per heavy atom. The molecule has 0 spiro atoms. The SMILES string of the molecule is NC1CC(C(=O)O)C1.NC1CC(C(=O)O)C1. The molecular weight excluding hydrogens is 212 g/mol. The molecular formula is C10H18N2O4. The van der Waals surface area contributed by atoms with Crippen LogP contribution in [-0.4, -0.2) is 34.2 Å². The molecule has 2 aliphatic rings. The largest absolute Gasteiger partial charge is 0.481 e. The van der Waals surface area contributed by atoms with E-state index < -0.39 is 11.9 Å². The zero-order valence-electron chi connectivity index (χ0n) is 9.00. The summed E-state index contributed by atoms with van der Waals surface area (Å²) in [5.74, 6) is -1.70. The maximum absolute atomic E-state index is 10.1. The van der Waals surface area contributed by atoms with Crippen molar-refractivity contribution in [2.75, 3.05) is 0 Å². The van der Waals surface area contributed by atoms with Crippen LogP contribution in [0.25, 0.3) is 0 Å². The fraction of sp³-hybridized carbons (Fsp3) is 0.800. The summed E-state index contributed by atoms with van der Waals surface area (Å²) in [6.07, 6.45) is 2.65. The smallest absolute Gasteiger partial charge is 0.306 e. The Morgan fingerprint density at radius 3 is 1.12 bits per heavy atom. The maximum atomic E-state index is 10.1. The van der Waals surface area contributed by atoms with E-state index in [0.29, 0.717) is 25.7 Å². The van der Waals surface area contributed by atoms with Crippen molar-refractivity contribution in [2.45, 2.75) is 37.8 Å². The van der Waals surface area contributed by atoms with Gasteiger partial charge >= 0.3 is 11.9 Å². The predicted molar refractivity (Wildman–Crippen MR) is 56.7 cm³/mol. The van der Waals surface area contributed by atoms with Gasteiger partial charge in [0.05, 0.1) is 11.8 Å². The Bertz CT molecular complexity index is 242. The first-order valence-electron chi connectivity index (χ1n) is 5.37. The second kappa shape index (κ2) is 5.27. The molecule has 0 aromatic rings. The molecule has 0 unspecified atom stereocenters. The van der Waals surface area contributed by atoms with Crippen LogP contribution in [0.2, 0.25) is 0 Å². The van der Waals surface area contributed by atoms with Gasteiger partial charge in [0.15, 0.2) is 0 Å². The van der Waals surface area contributed by atoms with Crippen LogP contribution in [0.1, 0.15) is 25.7 Å². The molecule has 0 aromatic carbocycles. The number of aliphatic carboxylic acids is 2. The average molecular weight is 230 g/mol. The van der Waals surface area contributed by atoms with Gasteiger partial charge in [0, 0.05) is 12.1 Å². The van der Waals surface area contributed by atoms with E-state index >= 15 is 0 Å². The lowest BCUT2D eigenvalue weighted by Crippen LogP contribution is -2.40. The highest BCUT2D eigenvalue weighted by atomic mass is 16.4. The third-order valence-corrected chi connectivity index (χ3v) is 3.05. The molecule has 92 valence electrons. The van der Waals surface area contributed by atoms with Gasteiger partial charge in [-0.15, -0.1) is 0 Å². The molecule has 0 saturated heterocycles. The van der Waals surface area contributed by atoms with Gasteiger partial charge in [0.2, 0.25) is 0 Å². The molecule has 0 atom stereocenters. The Balaban J connectivity index is 0.000000160. The number of carbonyl (C=O) groups is 2. The third kappa shape index (κ3) is 3.46. The Hall–Kier alpha value is -1.14. The lowest BCUT2D eigenvalue weighted by Gasteiger charge is -2.28. The van der Waals surface area contributed by atoms with Crippen LogP contribution in [0.3, 0.4) is 0 Å². The first-order chi connectivity index (χ1) is 7.40. The normalized spacial score (nSPS) is 36.1. The van der Waals surface area contributed by atoms with Crippen molar-refractivity contribution in [3.05, 3.63) is 0 Å². The van der Waals surface area contributed by atoms with Crippen LogP contribution in [0.15, 0.2) is 0 Å². The monoisotopic (exact) mass is 230 g/mol. The van der Waals surface area contributed by atoms with E-state index in [1.54, 1.807) is 0 Å². The second-order valence-corrected chi connectivity index (χ2v) is 4.53. The summed E-state index contributed by atoms with van der Waals surface area (Å²) in [6, 6.07) is 0.298. The Kier molecular flexibility index (Phi) is 4.26. The number of nitrogens with two attached hydrogens (primary N) is 2. The molecule has 6 nitrogen and oxygen atoms in total. The predicted octanol–water partition coefficient (Wildman–Crippen LogP) is -0.383. The minimum absolute atomic E-state index is 0.148. The maximum Gasteiger partial charge on any atom is 0.306 e. The van der Waals surface area contributed by atoms with E-state index in [0.717, 1.165) is 0 Å². The van der Waals surface area contributed by atoms with Crippen LogP contribution in [0.5, 0.6) is 0 Å². The first kappa shape index (κ1) is 12.9. The fourth-order valence-electron chi connectivity index (χ4n) is 1.73. The number of hydrogen-bond acceptors (Lipinski definition) is 4. The van der Waals surface area contributed by atoms with Gasteiger partial charge in [-0.25, -0.2) is 0 Å². The van der Waals surface area contributed by atoms with Crippen LogP contribution in [0.4, 0.5) is 0 Å². The highest BCUT2D eigenvalue weighted by molar-refractivity contribution is 5.71. The number of carboxylic acids is 2. The van der Waals surface area contributed by atoms with Gasteiger partial charge in [-0.05, 0) is 25.7 Å². The van der Waals surface area contributed by atoms with Gasteiger partial charge in [0.1, 0.15) is 0 Å². The summed E-state index contributed by atoms with van der Waals surface area (Å²) in [6.45, 7) is 0. The Labute approximate surface area is 93.6 Å². The summed E-state index contributed by atoms with van der Waals surface area (Å²) < 4.78 is 0. The van der Waals surface area contributed by atoms with Crippen LogP contribution < -0.4 is 11.5 Å². The molecule has 6 N–H and O–H groups in total. The molecule has 0 radical (unpaired) electrons. The molecule has 2 fully saturated rings. The van der Waals surface area contributed by atoms with Crippen molar-refractivity contribution >= 4 is 11.9 Å². The second-order valence-electron chi connectivity index (χ2n) is 4.53. The first-order valence-corrected chi connectivity index (χ1v) is 5.37. The third-order valence-electron chi connectivity index (χ3n) is 3.05. The molecule has 2 saturated carbocycles. The van der Waals surface area contributed by atoms with E-state index in [4.69, 9.17) is 21.7 Å². The molecule has 0 amide bonds. The van der Waals surface area contributed by atoms with E-state index in [9.17, 15) is 9.59 Å². The summed E-state index contributed by atoms with van der Waals surface area (Å²) in [5, 5.41) is 16.6. The van der Waals surface area contributed by atoms with Gasteiger partial charge < -0.3 is 21.7 Å². The molecule has 0 bridgehead atoms. The quantitative estimate of drug-likeness (QED) is 0.512. The topological polar surface area (TPSA) is 127 Å². The van der Waals surface area contributed by atoms with Crippen molar-refractivity contribution in [1.82, 2.24) is 0 Å². The number of hydrogen-bond donors (Lipinski definition) is 4. The van der Waals surface area contributed by atoms with Crippen molar-refractivity contribution < 1.29 is 19.8 Å². The summed E-state index contributed by atoms with van der Waals surface area (Å²) in [4.78, 5) is 20.1. The van der Waals surface area contributed by atoms with Gasteiger partial charge in [0.25, 0.3) is 0 Å². The minimum Gasteiger partial charge on any atom is -0.481 e. The summed E-state index contributed by atoms with van der Waals surface area (Å²) in [5.41, 5.74) is 10.7. The molecule has 6 heteroatoms. The summed E-state index contributed by atoms with van der Waals surface area (Å²) >= 11 is 0. The summed E-state index contributed by atoms with van der Waals surface area (Å²) in [7, 11) is 0. The average Bonchev–Trinajstić information content (AvgIpc) is 2.08. The molecule has 2 rings (SSSR count). The molecule has 0 aliphatic heterocycles. The molecule has 0 heterocycles. The van der Waals surface area contributed by atoms with Crippen molar-refractivity contribution in [3.63, 3.8) is 0 Å². The highest BCUT2D eigenvalue weighted by Gasteiger charge is 2.31. The minimum atomic E-state index is -0.702. The van der Waals surface area contributed by atoms with Gasteiger partial charge in [-0.1, -0.05) is 0 Å². The van der Waals surface area contributed by atoms with Crippen LogP contribution in [0, 0.1) is 11.8 Å². The molecule has 16 heavy (non-hydrogen) atoms. The van der Waals surface area contributed by atoms with E-state index in [1.807, 2.05) is 0 Å². The number of rotatable bonds is 2. The molecule has 2 aliphatic carbocycles. The zero-order valence-corrected chi connectivity index (χ0v) is 9.00. The van der Waals surface area contributed by atoms with Crippen molar-refractivity contribution in [2.24, 2.45) is 23.3 Å². The molecule has 0 aromatic heterocycles. The van der Waals surface area contributed by atoms with Gasteiger partial charge in [-0.2, -0.15) is 0 Å². The van der Waals surface area contributed by atoms with Crippen LogP contribution in [-0.2, 0) is 9.59 Å². The van der Waals surface area contributed by atoms with E-state index in [2.05, 4.69) is 0 Å². The fourth-order valence-corrected chi connectivity index (χ4v) is 1.73. The van der Waals surface area contributed by atoms with Crippen molar-refractivity contribution in [1.29, 1.82) is 0 Å². The lowest BCUT2D eigenvalue weighted by molar-refractivity contribution is -0.145. The van der Waals surface area contributed by atoms with Crippen molar-refractivity contribution in [3.8, 4) is 0 Å². The van der Waals surface area contributed by atoms with E-state index in [1.165, 1.54) is 0 Å². The lowest BCUT2D eigenvalue weighted by atomic mass is 9.81. The van der Waals surface area contributed by atoms with Gasteiger partial charge in [-0.3, -0.25) is 9.59 Å². The number of carboxylic acid groups (broad SMARTS) is 2. The Morgan fingerprint density at radius 1 is 0.812 bits per heavy atom. The van der Waals surface area contributed by atoms with E-state index in [-0.39, 0.29) is 23.9 Å². The standard InChI is InChI=1S/2C5H9NO2/c2*6-4-1-3(2-4)5(7)8/h2*3-4H,1-2,6H2,(H,7,8).